The Morgan fingerprint density at radius 3 is 2.00 bits per heavy atom. The van der Waals surface area contributed by atoms with Crippen molar-refractivity contribution < 1.29 is 23.4 Å². The molecule has 2 nitrogen and oxygen atoms in total. The van der Waals surface area contributed by atoms with Crippen LogP contribution < -0.4 is 0 Å². The van der Waals surface area contributed by atoms with Crippen molar-refractivity contribution in [1.29, 1.82) is 0 Å². The Kier molecular flexibility index (Phi) is 3.36. The van der Waals surface area contributed by atoms with Crippen LogP contribution >= 0.6 is 0 Å². The molecule has 1 unspecified atom stereocenters. The summed E-state index contributed by atoms with van der Waals surface area (Å²) in [6.45, 7) is -0.731. The molecule has 0 fully saturated rings. The van der Waals surface area contributed by atoms with Gasteiger partial charge in [0.25, 0.3) is 0 Å². The third-order valence-electron chi connectivity index (χ3n) is 2.19. The highest BCUT2D eigenvalue weighted by atomic mass is 19.4. The fourth-order valence-corrected chi connectivity index (χ4v) is 1.33. The monoisotopic (exact) mass is 220 g/mol. The molecule has 0 aliphatic heterocycles. The first-order chi connectivity index (χ1) is 6.92. The van der Waals surface area contributed by atoms with Crippen LogP contribution in [-0.2, 0) is 5.60 Å². The summed E-state index contributed by atoms with van der Waals surface area (Å²) in [4.78, 5) is 0. The highest BCUT2D eigenvalue weighted by Crippen LogP contribution is 2.41. The summed E-state index contributed by atoms with van der Waals surface area (Å²) in [7, 11) is 0. The van der Waals surface area contributed by atoms with Gasteiger partial charge in [0.1, 0.15) is 0 Å². The lowest BCUT2D eigenvalue weighted by molar-refractivity contribution is -0.271. The van der Waals surface area contributed by atoms with Gasteiger partial charge in [-0.2, -0.15) is 13.2 Å². The molecule has 15 heavy (non-hydrogen) atoms. The van der Waals surface area contributed by atoms with E-state index in [1.165, 1.54) is 24.3 Å². The Hall–Kier alpha value is -1.07. The van der Waals surface area contributed by atoms with Crippen LogP contribution in [0.2, 0.25) is 0 Å². The van der Waals surface area contributed by atoms with E-state index in [-0.39, 0.29) is 5.56 Å². The predicted octanol–water partition coefficient (Wildman–Crippen LogP) is 1.82. The molecule has 5 heteroatoms. The van der Waals surface area contributed by atoms with Gasteiger partial charge in [-0.05, 0) is 5.56 Å². The largest absolute Gasteiger partial charge is 0.421 e. The number of hydrogen-bond acceptors (Lipinski definition) is 2. The minimum Gasteiger partial charge on any atom is -0.396 e. The molecule has 0 radical (unpaired) electrons. The maximum absolute atomic E-state index is 12.6. The van der Waals surface area contributed by atoms with Gasteiger partial charge in [0.2, 0.25) is 0 Å². The fourth-order valence-electron chi connectivity index (χ4n) is 1.33. The summed E-state index contributed by atoms with van der Waals surface area (Å²) in [6, 6.07) is 6.73. The van der Waals surface area contributed by atoms with E-state index >= 15 is 0 Å². The smallest absolute Gasteiger partial charge is 0.396 e. The maximum atomic E-state index is 12.6. The molecule has 1 rings (SSSR count). The lowest BCUT2D eigenvalue weighted by Gasteiger charge is -2.30. The number of hydrogen-bond donors (Lipinski definition) is 2. The van der Waals surface area contributed by atoms with Crippen molar-refractivity contribution in [3.8, 4) is 0 Å². The molecule has 1 atom stereocenters. The first-order valence-corrected chi connectivity index (χ1v) is 4.37. The Bertz CT molecular complexity index is 310. The number of benzene rings is 1. The Balaban J connectivity index is 3.13. The Labute approximate surface area is 85.0 Å². The van der Waals surface area contributed by atoms with E-state index < -0.39 is 24.8 Å². The summed E-state index contributed by atoms with van der Waals surface area (Å²) in [5, 5.41) is 18.1. The molecular formula is C10H11F3O2. The van der Waals surface area contributed by atoms with Crippen molar-refractivity contribution >= 4 is 0 Å². The van der Waals surface area contributed by atoms with Crippen LogP contribution in [-0.4, -0.2) is 23.0 Å². The highest BCUT2D eigenvalue weighted by Gasteiger charge is 2.54. The number of rotatable bonds is 3. The molecule has 84 valence electrons. The SMILES string of the molecule is OCCC(O)(c1ccccc1)C(F)(F)F. The second kappa shape index (κ2) is 4.20. The molecule has 1 aromatic rings. The van der Waals surface area contributed by atoms with E-state index in [0.717, 1.165) is 0 Å². The fraction of sp³-hybridized carbons (Fsp3) is 0.400. The average molecular weight is 220 g/mol. The molecule has 0 spiro atoms. The normalized spacial score (nSPS) is 16.1. The van der Waals surface area contributed by atoms with Crippen LogP contribution in [0, 0.1) is 0 Å². The van der Waals surface area contributed by atoms with Gasteiger partial charge in [-0.3, -0.25) is 0 Å². The van der Waals surface area contributed by atoms with Crippen molar-refractivity contribution in [2.75, 3.05) is 6.61 Å². The molecule has 0 aromatic heterocycles. The van der Waals surface area contributed by atoms with Gasteiger partial charge in [0.15, 0.2) is 5.60 Å². The van der Waals surface area contributed by atoms with Crippen LogP contribution in [0.15, 0.2) is 30.3 Å². The minimum absolute atomic E-state index is 0.258. The summed E-state index contributed by atoms with van der Waals surface area (Å²) >= 11 is 0. The molecule has 0 saturated carbocycles. The van der Waals surface area contributed by atoms with E-state index in [9.17, 15) is 18.3 Å². The Morgan fingerprint density at radius 2 is 1.60 bits per heavy atom. The van der Waals surface area contributed by atoms with Gasteiger partial charge in [-0.25, -0.2) is 0 Å². The molecule has 0 aliphatic carbocycles. The lowest BCUT2D eigenvalue weighted by Crippen LogP contribution is -2.43. The summed E-state index contributed by atoms with van der Waals surface area (Å²) in [6.07, 6.45) is -5.56. The third kappa shape index (κ3) is 2.30. The quantitative estimate of drug-likeness (QED) is 0.815. The molecule has 0 aliphatic rings. The second-order valence-corrected chi connectivity index (χ2v) is 3.20. The van der Waals surface area contributed by atoms with Crippen LogP contribution in [0.25, 0.3) is 0 Å². The van der Waals surface area contributed by atoms with Crippen LogP contribution in [0.3, 0.4) is 0 Å². The van der Waals surface area contributed by atoms with Crippen LogP contribution in [0.5, 0.6) is 0 Å². The maximum Gasteiger partial charge on any atom is 0.421 e. The van der Waals surface area contributed by atoms with Gasteiger partial charge in [-0.1, -0.05) is 30.3 Å². The van der Waals surface area contributed by atoms with Gasteiger partial charge < -0.3 is 10.2 Å². The van der Waals surface area contributed by atoms with Crippen molar-refractivity contribution in [2.45, 2.75) is 18.2 Å². The number of aliphatic hydroxyl groups excluding tert-OH is 1. The number of aliphatic hydroxyl groups is 2. The predicted molar refractivity (Wildman–Crippen MR) is 48.1 cm³/mol. The second-order valence-electron chi connectivity index (χ2n) is 3.20. The first-order valence-electron chi connectivity index (χ1n) is 4.37. The topological polar surface area (TPSA) is 40.5 Å². The zero-order valence-electron chi connectivity index (χ0n) is 7.83. The molecule has 0 heterocycles. The van der Waals surface area contributed by atoms with E-state index in [4.69, 9.17) is 5.11 Å². The molecule has 1 aromatic carbocycles. The van der Waals surface area contributed by atoms with Crippen molar-refractivity contribution in [2.24, 2.45) is 0 Å². The Morgan fingerprint density at radius 1 is 1.07 bits per heavy atom. The van der Waals surface area contributed by atoms with Gasteiger partial charge in [0, 0.05) is 13.0 Å². The van der Waals surface area contributed by atoms with Crippen molar-refractivity contribution in [3.05, 3.63) is 35.9 Å². The highest BCUT2D eigenvalue weighted by molar-refractivity contribution is 5.24. The van der Waals surface area contributed by atoms with E-state index in [0.29, 0.717) is 0 Å². The van der Waals surface area contributed by atoms with E-state index in [2.05, 4.69) is 0 Å². The van der Waals surface area contributed by atoms with Gasteiger partial charge in [0.05, 0.1) is 0 Å². The molecule has 0 saturated heterocycles. The molecular weight excluding hydrogens is 209 g/mol. The standard InChI is InChI=1S/C10H11F3O2/c11-10(12,13)9(15,6-7-14)8-4-2-1-3-5-8/h1-5,14-15H,6-7H2. The van der Waals surface area contributed by atoms with Gasteiger partial charge >= 0.3 is 6.18 Å². The van der Waals surface area contributed by atoms with Crippen molar-refractivity contribution in [3.63, 3.8) is 0 Å². The molecule has 2 N–H and O–H groups in total. The molecule has 0 amide bonds. The van der Waals surface area contributed by atoms with E-state index in [1.807, 2.05) is 0 Å². The van der Waals surface area contributed by atoms with Gasteiger partial charge in [-0.15, -0.1) is 0 Å². The number of alkyl halides is 3. The minimum atomic E-state index is -4.79. The number of halogens is 3. The zero-order chi connectivity index (χ0) is 11.5. The summed E-state index contributed by atoms with van der Waals surface area (Å²) in [5.74, 6) is 0. The molecule has 0 bridgehead atoms. The van der Waals surface area contributed by atoms with Crippen LogP contribution in [0.4, 0.5) is 13.2 Å². The first kappa shape index (κ1) is 12.0. The van der Waals surface area contributed by atoms with Crippen LogP contribution in [0.1, 0.15) is 12.0 Å². The third-order valence-corrected chi connectivity index (χ3v) is 2.19. The van der Waals surface area contributed by atoms with E-state index in [1.54, 1.807) is 6.07 Å². The summed E-state index contributed by atoms with van der Waals surface area (Å²) in [5.41, 5.74) is -3.23. The lowest BCUT2D eigenvalue weighted by atomic mass is 9.90. The summed E-state index contributed by atoms with van der Waals surface area (Å²) < 4.78 is 37.8. The zero-order valence-corrected chi connectivity index (χ0v) is 7.83. The van der Waals surface area contributed by atoms with Crippen molar-refractivity contribution in [1.82, 2.24) is 0 Å². The average Bonchev–Trinajstić information content (AvgIpc) is 2.18.